The number of aryl methyl sites for hydroxylation is 1. The molecule has 0 aliphatic heterocycles. The first-order chi connectivity index (χ1) is 9.93. The number of imidazole rings is 1. The molecule has 102 valence electrons. The lowest BCUT2D eigenvalue weighted by molar-refractivity contribution is 0.642. The molecule has 0 aliphatic carbocycles. The average molecular weight is 266 g/mol. The molecular weight excluding hydrogens is 248 g/mol. The predicted molar refractivity (Wildman–Crippen MR) is 80.4 cm³/mol. The molecule has 2 aromatic heterocycles. The highest BCUT2D eigenvalue weighted by Crippen LogP contribution is 2.16. The fraction of sp³-hybridized carbons (Fsp3) is 0.250. The van der Waals surface area contributed by atoms with E-state index in [1.165, 1.54) is 16.3 Å². The molecule has 3 aromatic rings. The van der Waals surface area contributed by atoms with Crippen molar-refractivity contribution in [1.82, 2.24) is 20.3 Å². The number of hydrogen-bond donors (Lipinski definition) is 2. The van der Waals surface area contributed by atoms with E-state index in [0.29, 0.717) is 0 Å². The highest BCUT2D eigenvalue weighted by atomic mass is 14.9. The predicted octanol–water partition coefficient (Wildman–Crippen LogP) is 2.68. The maximum Gasteiger partial charge on any atom is 0.106 e. The number of nitrogens with one attached hydrogen (secondary N) is 2. The van der Waals surface area contributed by atoms with Gasteiger partial charge in [0, 0.05) is 43.1 Å². The summed E-state index contributed by atoms with van der Waals surface area (Å²) in [5, 5.41) is 5.95. The molecule has 0 atom stereocenters. The van der Waals surface area contributed by atoms with Gasteiger partial charge < -0.3 is 10.3 Å². The van der Waals surface area contributed by atoms with Crippen molar-refractivity contribution >= 4 is 10.8 Å². The van der Waals surface area contributed by atoms with Crippen molar-refractivity contribution in [1.29, 1.82) is 0 Å². The molecule has 0 radical (unpaired) electrons. The van der Waals surface area contributed by atoms with Gasteiger partial charge in [-0.05, 0) is 23.9 Å². The molecule has 1 aromatic carbocycles. The third-order valence-corrected chi connectivity index (χ3v) is 3.39. The van der Waals surface area contributed by atoms with Crippen LogP contribution in [-0.2, 0) is 13.0 Å². The molecule has 0 amide bonds. The Bertz CT molecular complexity index is 656. The van der Waals surface area contributed by atoms with Crippen LogP contribution >= 0.6 is 0 Å². The first-order valence-electron chi connectivity index (χ1n) is 6.94. The molecule has 0 spiro atoms. The minimum atomic E-state index is 0.854. The van der Waals surface area contributed by atoms with Crippen LogP contribution in [0.4, 0.5) is 0 Å². The van der Waals surface area contributed by atoms with Gasteiger partial charge in [0.15, 0.2) is 0 Å². The lowest BCUT2D eigenvalue weighted by atomic mass is 10.1. The number of nitrogens with zero attached hydrogens (tertiary/aromatic N) is 2. The van der Waals surface area contributed by atoms with E-state index in [4.69, 9.17) is 0 Å². The van der Waals surface area contributed by atoms with Crippen molar-refractivity contribution in [3.8, 4) is 0 Å². The smallest absolute Gasteiger partial charge is 0.106 e. The number of hydrogen-bond acceptors (Lipinski definition) is 3. The van der Waals surface area contributed by atoms with Gasteiger partial charge in [-0.25, -0.2) is 4.98 Å². The summed E-state index contributed by atoms with van der Waals surface area (Å²) in [6, 6.07) is 8.37. The molecule has 0 saturated carbocycles. The first kappa shape index (κ1) is 12.8. The van der Waals surface area contributed by atoms with Crippen LogP contribution in [0, 0.1) is 0 Å². The Balaban J connectivity index is 1.52. The van der Waals surface area contributed by atoms with E-state index >= 15 is 0 Å². The highest BCUT2D eigenvalue weighted by Gasteiger charge is 2.00. The zero-order chi connectivity index (χ0) is 13.6. The van der Waals surface area contributed by atoms with Crippen LogP contribution in [0.5, 0.6) is 0 Å². The van der Waals surface area contributed by atoms with Gasteiger partial charge in [0.25, 0.3) is 0 Å². The second kappa shape index (κ2) is 6.30. The van der Waals surface area contributed by atoms with E-state index in [9.17, 15) is 0 Å². The zero-order valence-electron chi connectivity index (χ0n) is 11.3. The standard InChI is InChI=1S/C16H18N4/c1-2-5-15-13(4-1)10-18-12-14(15)11-17-7-3-6-16-19-8-9-20-16/h1-2,4-5,8-10,12,17H,3,6-7,11H2,(H,19,20). The summed E-state index contributed by atoms with van der Waals surface area (Å²) in [6.45, 7) is 1.83. The minimum Gasteiger partial charge on any atom is -0.349 e. The van der Waals surface area contributed by atoms with Crippen LogP contribution < -0.4 is 5.32 Å². The summed E-state index contributed by atoms with van der Waals surface area (Å²) < 4.78 is 0. The molecule has 0 unspecified atom stereocenters. The third kappa shape index (κ3) is 3.03. The second-order valence-corrected chi connectivity index (χ2v) is 4.84. The Labute approximate surface area is 118 Å². The molecule has 20 heavy (non-hydrogen) atoms. The Morgan fingerprint density at radius 3 is 3.00 bits per heavy atom. The van der Waals surface area contributed by atoms with Crippen LogP contribution in [0.15, 0.2) is 49.1 Å². The van der Waals surface area contributed by atoms with E-state index in [1.54, 1.807) is 6.20 Å². The fourth-order valence-corrected chi connectivity index (χ4v) is 2.36. The quantitative estimate of drug-likeness (QED) is 0.674. The average Bonchev–Trinajstić information content (AvgIpc) is 3.00. The zero-order valence-corrected chi connectivity index (χ0v) is 11.3. The maximum atomic E-state index is 4.30. The largest absolute Gasteiger partial charge is 0.349 e. The Morgan fingerprint density at radius 1 is 1.15 bits per heavy atom. The first-order valence-corrected chi connectivity index (χ1v) is 6.94. The number of pyridine rings is 1. The summed E-state index contributed by atoms with van der Waals surface area (Å²) >= 11 is 0. The molecule has 0 saturated heterocycles. The van der Waals surface area contributed by atoms with Gasteiger partial charge in [0.1, 0.15) is 5.82 Å². The Kier molecular flexibility index (Phi) is 4.04. The third-order valence-electron chi connectivity index (χ3n) is 3.39. The van der Waals surface area contributed by atoms with Gasteiger partial charge >= 0.3 is 0 Å². The van der Waals surface area contributed by atoms with Gasteiger partial charge in [-0.2, -0.15) is 0 Å². The van der Waals surface area contributed by atoms with Gasteiger partial charge in [-0.1, -0.05) is 24.3 Å². The van der Waals surface area contributed by atoms with Crippen LogP contribution in [0.1, 0.15) is 17.8 Å². The summed E-state index contributed by atoms with van der Waals surface area (Å²) in [4.78, 5) is 11.6. The number of aromatic amines is 1. The number of H-pyrrole nitrogens is 1. The molecular formula is C16H18N4. The maximum absolute atomic E-state index is 4.30. The van der Waals surface area contributed by atoms with Crippen molar-refractivity contribution < 1.29 is 0 Å². The van der Waals surface area contributed by atoms with Crippen LogP contribution in [0.2, 0.25) is 0 Å². The van der Waals surface area contributed by atoms with E-state index in [-0.39, 0.29) is 0 Å². The summed E-state index contributed by atoms with van der Waals surface area (Å²) in [5.41, 5.74) is 1.25. The van der Waals surface area contributed by atoms with Crippen molar-refractivity contribution in [2.75, 3.05) is 6.54 Å². The van der Waals surface area contributed by atoms with Gasteiger partial charge in [-0.15, -0.1) is 0 Å². The normalized spacial score (nSPS) is 11.0. The molecule has 4 nitrogen and oxygen atoms in total. The van der Waals surface area contributed by atoms with Crippen molar-refractivity contribution in [2.45, 2.75) is 19.4 Å². The van der Waals surface area contributed by atoms with E-state index in [0.717, 1.165) is 31.8 Å². The number of benzene rings is 1. The van der Waals surface area contributed by atoms with Crippen molar-refractivity contribution in [2.24, 2.45) is 0 Å². The van der Waals surface area contributed by atoms with Gasteiger partial charge in [0.05, 0.1) is 0 Å². The minimum absolute atomic E-state index is 0.854. The molecule has 0 bridgehead atoms. The van der Waals surface area contributed by atoms with Crippen LogP contribution in [-0.4, -0.2) is 21.5 Å². The molecule has 0 fully saturated rings. The van der Waals surface area contributed by atoms with Crippen molar-refractivity contribution in [3.05, 3.63) is 60.4 Å². The van der Waals surface area contributed by atoms with Crippen LogP contribution in [0.25, 0.3) is 10.8 Å². The lowest BCUT2D eigenvalue weighted by Gasteiger charge is -2.07. The molecule has 4 heteroatoms. The second-order valence-electron chi connectivity index (χ2n) is 4.84. The molecule has 2 heterocycles. The monoisotopic (exact) mass is 266 g/mol. The number of rotatable bonds is 6. The topological polar surface area (TPSA) is 53.6 Å². The molecule has 0 aliphatic rings. The number of aromatic nitrogens is 3. The van der Waals surface area contributed by atoms with E-state index < -0.39 is 0 Å². The highest BCUT2D eigenvalue weighted by molar-refractivity contribution is 5.84. The Hall–Kier alpha value is -2.20. The van der Waals surface area contributed by atoms with Crippen LogP contribution in [0.3, 0.4) is 0 Å². The van der Waals surface area contributed by atoms with Gasteiger partial charge in [-0.3, -0.25) is 4.98 Å². The fourth-order valence-electron chi connectivity index (χ4n) is 2.36. The lowest BCUT2D eigenvalue weighted by Crippen LogP contribution is -2.15. The van der Waals surface area contributed by atoms with Crippen molar-refractivity contribution in [3.63, 3.8) is 0 Å². The Morgan fingerprint density at radius 2 is 2.10 bits per heavy atom. The number of fused-ring (bicyclic) bond motifs is 1. The summed E-state index contributed by atoms with van der Waals surface area (Å²) in [7, 11) is 0. The summed E-state index contributed by atoms with van der Waals surface area (Å²) in [5.74, 6) is 1.05. The SMILES string of the molecule is c1ccc2c(CNCCCc3ncc[nH]3)cncc2c1. The van der Waals surface area contributed by atoms with Gasteiger partial charge in [0.2, 0.25) is 0 Å². The van der Waals surface area contributed by atoms with E-state index in [1.807, 2.05) is 24.7 Å². The molecule has 3 rings (SSSR count). The summed E-state index contributed by atoms with van der Waals surface area (Å²) in [6.07, 6.45) is 9.58. The molecule has 2 N–H and O–H groups in total. The van der Waals surface area contributed by atoms with E-state index in [2.05, 4.69) is 38.5 Å².